The van der Waals surface area contributed by atoms with Crippen molar-refractivity contribution in [3.8, 4) is 0 Å². The van der Waals surface area contributed by atoms with Crippen LogP contribution in [0.15, 0.2) is 18.2 Å². The van der Waals surface area contributed by atoms with Gasteiger partial charge in [-0.3, -0.25) is 4.79 Å². The van der Waals surface area contributed by atoms with E-state index in [1.807, 2.05) is 6.92 Å². The molecular formula is C10H13IN2O. The molecule has 0 fully saturated rings. The van der Waals surface area contributed by atoms with Gasteiger partial charge in [0, 0.05) is 5.56 Å². The Kier molecular flexibility index (Phi) is 3.74. The summed E-state index contributed by atoms with van der Waals surface area (Å²) in [5, 5.41) is 0. The molecule has 0 radical (unpaired) electrons. The van der Waals surface area contributed by atoms with E-state index in [0.717, 1.165) is 6.42 Å². The van der Waals surface area contributed by atoms with Crippen molar-refractivity contribution in [3.05, 3.63) is 23.8 Å². The van der Waals surface area contributed by atoms with Crippen LogP contribution in [-0.4, -0.2) is 9.71 Å². The highest BCUT2D eigenvalue weighted by Gasteiger charge is 2.15. The Balaban J connectivity index is 2.97. The third-order valence-electron chi connectivity index (χ3n) is 2.01. The number of halogens is 1. The van der Waals surface area contributed by atoms with Crippen LogP contribution in [0.5, 0.6) is 0 Å². The molecule has 76 valence electrons. The molecule has 3 nitrogen and oxygen atoms in total. The highest BCUT2D eigenvalue weighted by molar-refractivity contribution is 14.1. The molecule has 4 N–H and O–H groups in total. The van der Waals surface area contributed by atoms with E-state index < -0.39 is 0 Å². The minimum absolute atomic E-state index is 0.00984. The Morgan fingerprint density at radius 2 is 2.07 bits per heavy atom. The number of carbonyl (C=O) groups excluding carboxylic acids is 1. The predicted molar refractivity (Wildman–Crippen MR) is 67.7 cm³/mol. The molecule has 4 heteroatoms. The Morgan fingerprint density at radius 1 is 1.43 bits per heavy atom. The van der Waals surface area contributed by atoms with Crippen molar-refractivity contribution in [2.75, 3.05) is 11.5 Å². The molecule has 0 heterocycles. The van der Waals surface area contributed by atoms with Crippen molar-refractivity contribution < 1.29 is 4.79 Å². The van der Waals surface area contributed by atoms with Gasteiger partial charge >= 0.3 is 0 Å². The average Bonchev–Trinajstić information content (AvgIpc) is 2.20. The second kappa shape index (κ2) is 4.63. The molecule has 0 spiro atoms. The molecule has 0 saturated heterocycles. The standard InChI is InChI=1S/C10H13IN2O/c1-2-7(11)10(14)6-3-4-8(12)9(13)5-6/h3-5,7H,2,12-13H2,1H3/t7-/m1/s1. The summed E-state index contributed by atoms with van der Waals surface area (Å²) in [6.07, 6.45) is 0.823. The molecule has 0 aromatic heterocycles. The number of nitrogen functional groups attached to an aromatic ring is 2. The van der Waals surface area contributed by atoms with Crippen LogP contribution in [0.25, 0.3) is 0 Å². The fourth-order valence-corrected chi connectivity index (χ4v) is 1.45. The van der Waals surface area contributed by atoms with Crippen LogP contribution in [0.1, 0.15) is 23.7 Å². The maximum absolute atomic E-state index is 11.7. The van der Waals surface area contributed by atoms with Crippen LogP contribution in [0.2, 0.25) is 0 Å². The van der Waals surface area contributed by atoms with Crippen molar-refractivity contribution in [1.82, 2.24) is 0 Å². The Labute approximate surface area is 97.0 Å². The summed E-state index contributed by atoms with van der Waals surface area (Å²) in [6, 6.07) is 5.02. The van der Waals surface area contributed by atoms with Gasteiger partial charge in [0.05, 0.1) is 15.3 Å². The van der Waals surface area contributed by atoms with Gasteiger partial charge in [0.1, 0.15) is 0 Å². The largest absolute Gasteiger partial charge is 0.397 e. The topological polar surface area (TPSA) is 69.1 Å². The summed E-state index contributed by atoms with van der Waals surface area (Å²) in [7, 11) is 0. The molecule has 1 atom stereocenters. The number of ketones is 1. The van der Waals surface area contributed by atoms with Gasteiger partial charge in [0.15, 0.2) is 5.78 Å². The Bertz CT molecular complexity index is 352. The normalized spacial score (nSPS) is 12.4. The van der Waals surface area contributed by atoms with Crippen LogP contribution in [-0.2, 0) is 0 Å². The number of alkyl halides is 1. The molecule has 0 bridgehead atoms. The number of rotatable bonds is 3. The zero-order valence-corrected chi connectivity index (χ0v) is 10.1. The first-order valence-electron chi connectivity index (χ1n) is 4.39. The van der Waals surface area contributed by atoms with E-state index in [4.69, 9.17) is 11.5 Å². The second-order valence-corrected chi connectivity index (χ2v) is 4.59. The van der Waals surface area contributed by atoms with Gasteiger partial charge in [-0.1, -0.05) is 29.5 Å². The molecular weight excluding hydrogens is 291 g/mol. The summed E-state index contributed by atoms with van der Waals surface area (Å²) >= 11 is 2.13. The average molecular weight is 304 g/mol. The minimum Gasteiger partial charge on any atom is -0.397 e. The summed E-state index contributed by atoms with van der Waals surface area (Å²) in [4.78, 5) is 11.7. The van der Waals surface area contributed by atoms with Gasteiger partial charge in [-0.15, -0.1) is 0 Å². The molecule has 1 aromatic carbocycles. The maximum Gasteiger partial charge on any atom is 0.175 e. The van der Waals surface area contributed by atoms with Gasteiger partial charge in [0.2, 0.25) is 0 Å². The van der Waals surface area contributed by atoms with Gasteiger partial charge in [-0.25, -0.2) is 0 Å². The first-order valence-corrected chi connectivity index (χ1v) is 5.64. The number of hydrogen-bond donors (Lipinski definition) is 2. The van der Waals surface area contributed by atoms with Gasteiger partial charge < -0.3 is 11.5 Å². The number of carbonyl (C=O) groups is 1. The number of Topliss-reactive ketones (excluding diaryl/α,β-unsaturated/α-hetero) is 1. The van der Waals surface area contributed by atoms with Crippen molar-refractivity contribution in [3.63, 3.8) is 0 Å². The summed E-state index contributed by atoms with van der Waals surface area (Å²) in [6.45, 7) is 1.98. The van der Waals surface area contributed by atoms with E-state index in [-0.39, 0.29) is 9.71 Å². The third kappa shape index (κ3) is 2.37. The monoisotopic (exact) mass is 304 g/mol. The number of anilines is 2. The van der Waals surface area contributed by atoms with Gasteiger partial charge in [0.25, 0.3) is 0 Å². The van der Waals surface area contributed by atoms with Crippen LogP contribution >= 0.6 is 22.6 Å². The summed E-state index contributed by atoms with van der Waals surface area (Å²) in [5.41, 5.74) is 12.8. The first-order chi connectivity index (χ1) is 6.56. The lowest BCUT2D eigenvalue weighted by Crippen LogP contribution is -2.13. The highest BCUT2D eigenvalue weighted by atomic mass is 127. The van der Waals surface area contributed by atoms with E-state index in [1.165, 1.54) is 0 Å². The number of benzene rings is 1. The van der Waals surface area contributed by atoms with E-state index in [1.54, 1.807) is 18.2 Å². The fourth-order valence-electron chi connectivity index (χ4n) is 1.09. The quantitative estimate of drug-likeness (QED) is 0.389. The zero-order valence-electron chi connectivity index (χ0n) is 7.96. The number of nitrogens with two attached hydrogens (primary N) is 2. The van der Waals surface area contributed by atoms with E-state index in [9.17, 15) is 4.79 Å². The van der Waals surface area contributed by atoms with Gasteiger partial charge in [-0.05, 0) is 24.6 Å². The molecule has 0 unspecified atom stereocenters. The smallest absolute Gasteiger partial charge is 0.175 e. The lowest BCUT2D eigenvalue weighted by Gasteiger charge is -2.07. The first kappa shape index (κ1) is 11.3. The van der Waals surface area contributed by atoms with E-state index in [2.05, 4.69) is 22.6 Å². The zero-order chi connectivity index (χ0) is 10.7. The fraction of sp³-hybridized carbons (Fsp3) is 0.300. The van der Waals surface area contributed by atoms with Crippen molar-refractivity contribution in [1.29, 1.82) is 0 Å². The van der Waals surface area contributed by atoms with Crippen molar-refractivity contribution >= 4 is 39.7 Å². The molecule has 1 rings (SSSR count). The third-order valence-corrected chi connectivity index (χ3v) is 3.46. The van der Waals surface area contributed by atoms with Crippen LogP contribution in [0, 0.1) is 0 Å². The van der Waals surface area contributed by atoms with Crippen LogP contribution in [0.3, 0.4) is 0 Å². The lowest BCUT2D eigenvalue weighted by molar-refractivity contribution is 0.0993. The minimum atomic E-state index is 0.00984. The summed E-state index contributed by atoms with van der Waals surface area (Å²) < 4.78 is 0.00984. The molecule has 0 saturated carbocycles. The van der Waals surface area contributed by atoms with Crippen molar-refractivity contribution in [2.45, 2.75) is 17.3 Å². The second-order valence-electron chi connectivity index (χ2n) is 3.08. The van der Waals surface area contributed by atoms with Crippen LogP contribution < -0.4 is 11.5 Å². The van der Waals surface area contributed by atoms with Gasteiger partial charge in [-0.2, -0.15) is 0 Å². The Hall–Kier alpha value is -0.780. The lowest BCUT2D eigenvalue weighted by atomic mass is 10.1. The molecule has 1 aromatic rings. The Morgan fingerprint density at radius 3 is 2.57 bits per heavy atom. The van der Waals surface area contributed by atoms with E-state index >= 15 is 0 Å². The predicted octanol–water partition coefficient (Wildman–Crippen LogP) is 2.25. The van der Waals surface area contributed by atoms with Crippen molar-refractivity contribution in [2.24, 2.45) is 0 Å². The SMILES string of the molecule is CC[C@@H](I)C(=O)c1ccc(N)c(N)c1. The van der Waals surface area contributed by atoms with E-state index in [0.29, 0.717) is 16.9 Å². The summed E-state index contributed by atoms with van der Waals surface area (Å²) in [5.74, 6) is 0.111. The highest BCUT2D eigenvalue weighted by Crippen LogP contribution is 2.20. The maximum atomic E-state index is 11.7. The molecule has 14 heavy (non-hydrogen) atoms. The van der Waals surface area contributed by atoms with Crippen LogP contribution in [0.4, 0.5) is 11.4 Å². The molecule has 0 aliphatic heterocycles. The molecule has 0 amide bonds. The number of hydrogen-bond acceptors (Lipinski definition) is 3. The molecule has 0 aliphatic rings. The molecule has 0 aliphatic carbocycles.